The fourth-order valence-corrected chi connectivity index (χ4v) is 0. The molecule has 0 bridgehead atoms. The van der Waals surface area contributed by atoms with Gasteiger partial charge in [0.25, 0.3) is 0 Å². The smallest absolute Gasteiger partial charge is 0 e. The molecule has 0 rings (SSSR count). The lowest BCUT2D eigenvalue weighted by molar-refractivity contribution is 0.108. The summed E-state index contributed by atoms with van der Waals surface area (Å²) >= 11 is 0. The van der Waals surface area contributed by atoms with Crippen LogP contribution in [0.4, 0.5) is 18.3 Å². The molecular formula is F4. The minimum Gasteiger partial charge on any atom is 0 e. The predicted octanol–water partition coefficient (Wildman–Crippen LogP) is 1.68. The van der Waals surface area contributed by atoms with Gasteiger partial charge in [0.1, 0.15) is 0 Å². The molecule has 0 aromatic heterocycles. The summed E-state index contributed by atoms with van der Waals surface area (Å²) in [7, 11) is 0. The highest BCUT2D eigenvalue weighted by Crippen LogP contribution is 1.42. The highest BCUT2D eigenvalue weighted by atomic mass is 20.0. The van der Waals surface area contributed by atoms with Crippen LogP contribution in [-0.4, -0.2) is 0 Å². The topological polar surface area (TPSA) is 0 Å². The van der Waals surface area contributed by atoms with Gasteiger partial charge in [0.15, 0.2) is 0 Å². The second kappa shape index (κ2) is 103. The van der Waals surface area contributed by atoms with E-state index in [4.69, 9.17) is 18.3 Å². The average Bonchev–Trinajstić information content (AvgIpc) is 1.50. The third-order valence-corrected chi connectivity index (χ3v) is 0. The Bertz CT molecular complexity index is 0. The molecule has 0 spiro atoms. The van der Waals surface area contributed by atoms with Gasteiger partial charge in [0.2, 0.25) is 0 Å². The standard InChI is InChI=1S/2F2/c2*1-2. The molecule has 0 aliphatic carbocycles. The maximum absolute atomic E-state index is 8.00. The minimum atomic E-state index is 8.00. The number of hydrogen-bond donors (Lipinski definition) is 0. The van der Waals surface area contributed by atoms with E-state index in [-0.39, 0.29) is 0 Å². The molecule has 0 fully saturated rings. The zero-order chi connectivity index (χ0) is 4.00. The second-order valence-electron chi connectivity index (χ2n) is 0. The third-order valence-electron chi connectivity index (χ3n) is 0. The van der Waals surface area contributed by atoms with Crippen molar-refractivity contribution < 1.29 is 18.3 Å². The summed E-state index contributed by atoms with van der Waals surface area (Å²) in [4.78, 5) is 0. The molecule has 0 aliphatic rings. The van der Waals surface area contributed by atoms with Gasteiger partial charge in [-0.3, -0.25) is 0 Å². The van der Waals surface area contributed by atoms with E-state index < -0.39 is 0 Å². The van der Waals surface area contributed by atoms with Crippen LogP contribution in [0, 0.1) is 0 Å². The SMILES string of the molecule is FF.FF. The highest BCUT2D eigenvalue weighted by Gasteiger charge is 1.00. The van der Waals surface area contributed by atoms with Crippen molar-refractivity contribution in [3.05, 3.63) is 0 Å². The van der Waals surface area contributed by atoms with Crippen molar-refractivity contribution in [2.24, 2.45) is 0 Å². The lowest BCUT2D eigenvalue weighted by atomic mass is 18.0. The Morgan fingerprint density at radius 1 is 0.500 bits per heavy atom. The summed E-state index contributed by atoms with van der Waals surface area (Å²) in [6.07, 6.45) is 0. The summed E-state index contributed by atoms with van der Waals surface area (Å²) in [5.74, 6) is 0. The number of halogens is 4. The van der Waals surface area contributed by atoms with Crippen molar-refractivity contribution in [2.45, 2.75) is 0 Å². The number of hydrogen-bond acceptors (Lipinski definition) is 0. The van der Waals surface area contributed by atoms with Gasteiger partial charge in [-0.05, 0) is 0 Å². The molecule has 0 saturated carbocycles. The van der Waals surface area contributed by atoms with Crippen LogP contribution in [0.25, 0.3) is 0 Å². The molecule has 0 saturated heterocycles. The van der Waals surface area contributed by atoms with Gasteiger partial charge in [-0.15, -0.1) is 0 Å². The Kier molecular flexibility index (Phi) is 239. The molecular weight excluding hydrogens is 76.0 g/mol. The van der Waals surface area contributed by atoms with Gasteiger partial charge in [0, 0.05) is 18.3 Å². The van der Waals surface area contributed by atoms with Crippen molar-refractivity contribution >= 4 is 0 Å². The maximum Gasteiger partial charge on any atom is 0 e. The van der Waals surface area contributed by atoms with Crippen LogP contribution in [0.5, 0.6) is 0 Å². The quantitative estimate of drug-likeness (QED) is 0.385. The normalized spacial score (nSPS) is 3.00. The molecule has 4 heavy (non-hydrogen) atoms. The van der Waals surface area contributed by atoms with Crippen LogP contribution >= 0.6 is 0 Å². The first-order chi connectivity index (χ1) is 2.00. The average molecular weight is 76.0 g/mol. The predicted molar refractivity (Wildman–Crippen MR) is 4.43 cm³/mol. The van der Waals surface area contributed by atoms with Crippen molar-refractivity contribution in [1.29, 1.82) is 0 Å². The van der Waals surface area contributed by atoms with Crippen LogP contribution < -0.4 is 0 Å². The van der Waals surface area contributed by atoms with Gasteiger partial charge in [-0.2, -0.15) is 0 Å². The van der Waals surface area contributed by atoms with Gasteiger partial charge in [-0.25, -0.2) is 0 Å². The third kappa shape index (κ3) is 11.4. The van der Waals surface area contributed by atoms with Crippen molar-refractivity contribution in [3.8, 4) is 0 Å². The summed E-state index contributed by atoms with van der Waals surface area (Å²) in [5.41, 5.74) is 0. The Balaban J connectivity index is 0. The molecule has 0 amide bonds. The summed E-state index contributed by atoms with van der Waals surface area (Å²) in [6.45, 7) is 0. The largest absolute Gasteiger partial charge is 0 e. The van der Waals surface area contributed by atoms with E-state index in [0.717, 1.165) is 0 Å². The van der Waals surface area contributed by atoms with E-state index in [9.17, 15) is 0 Å². The highest BCUT2D eigenvalue weighted by molar-refractivity contribution is 2.11. The first-order valence-electron chi connectivity index (χ1n) is 0.286. The molecule has 0 unspecified atom stereocenters. The zero-order valence-electron chi connectivity index (χ0n) is 1.51. The van der Waals surface area contributed by atoms with Crippen molar-refractivity contribution in [1.82, 2.24) is 0 Å². The van der Waals surface area contributed by atoms with Crippen LogP contribution in [-0.2, 0) is 0 Å². The number of rotatable bonds is 0. The lowest BCUT2D eigenvalue weighted by Crippen LogP contribution is -0.580. The Labute approximate surface area is 19.8 Å². The zero-order valence-corrected chi connectivity index (χ0v) is 1.51. The molecule has 0 nitrogen and oxygen atoms in total. The van der Waals surface area contributed by atoms with E-state index in [1.54, 1.807) is 0 Å². The van der Waals surface area contributed by atoms with E-state index >= 15 is 0 Å². The van der Waals surface area contributed by atoms with Crippen LogP contribution in [0.15, 0.2) is 0 Å². The van der Waals surface area contributed by atoms with Gasteiger partial charge in [0.05, 0.1) is 0 Å². The van der Waals surface area contributed by atoms with Crippen molar-refractivity contribution in [2.75, 3.05) is 0 Å². The first kappa shape index (κ1) is 9.30. The van der Waals surface area contributed by atoms with Crippen LogP contribution in [0.3, 0.4) is 0 Å². The molecule has 0 atom stereocenters. The van der Waals surface area contributed by atoms with Crippen LogP contribution in [0.2, 0.25) is 0 Å². The van der Waals surface area contributed by atoms with Gasteiger partial charge in [-0.1, -0.05) is 0 Å². The Morgan fingerprint density at radius 3 is 0.500 bits per heavy atom. The molecule has 0 radical (unpaired) electrons. The lowest BCUT2D eigenvalue weighted by Gasteiger charge is -1.00. The maximum atomic E-state index is 8.00. The van der Waals surface area contributed by atoms with E-state index in [1.807, 2.05) is 0 Å². The second-order valence-corrected chi connectivity index (χ2v) is 0. The molecule has 0 N–H and O–H groups in total. The minimum absolute atomic E-state index is 8.00. The Hall–Kier alpha value is -0.280. The molecule has 0 aliphatic heterocycles. The van der Waals surface area contributed by atoms with E-state index in [2.05, 4.69) is 0 Å². The van der Waals surface area contributed by atoms with Gasteiger partial charge >= 0.3 is 0 Å². The molecule has 0 aromatic rings. The Morgan fingerprint density at radius 2 is 0.500 bits per heavy atom. The van der Waals surface area contributed by atoms with E-state index in [0.29, 0.717) is 0 Å². The summed E-state index contributed by atoms with van der Waals surface area (Å²) < 4.78 is 32.0. The van der Waals surface area contributed by atoms with Crippen LogP contribution in [0.1, 0.15) is 0 Å². The fourth-order valence-electron chi connectivity index (χ4n) is 0. The van der Waals surface area contributed by atoms with E-state index in [1.165, 1.54) is 0 Å². The molecule has 28 valence electrons. The fraction of sp³-hybridized carbons (Fsp3) is 0. The summed E-state index contributed by atoms with van der Waals surface area (Å²) in [6, 6.07) is 0. The summed E-state index contributed by atoms with van der Waals surface area (Å²) in [5, 5.41) is 0. The monoisotopic (exact) mass is 76.0 g/mol. The van der Waals surface area contributed by atoms with Crippen molar-refractivity contribution in [3.63, 3.8) is 0 Å². The first-order valence-corrected chi connectivity index (χ1v) is 0.286. The molecule has 0 heterocycles. The molecule has 4 heteroatoms. The molecule has 0 aromatic carbocycles. The van der Waals surface area contributed by atoms with Gasteiger partial charge < -0.3 is 0 Å².